The lowest BCUT2D eigenvalue weighted by molar-refractivity contribution is -0.146. The van der Waals surface area contributed by atoms with Gasteiger partial charge in [0.05, 0.1) is 5.92 Å². The summed E-state index contributed by atoms with van der Waals surface area (Å²) in [7, 11) is 0. The van der Waals surface area contributed by atoms with Crippen molar-refractivity contribution in [2.24, 2.45) is 17.8 Å². The Balaban J connectivity index is 1.89. The Labute approximate surface area is 139 Å². The Kier molecular flexibility index (Phi) is 6.88. The number of likely N-dealkylation sites (tertiary alicyclic amines) is 1. The fourth-order valence-electron chi connectivity index (χ4n) is 3.83. The number of amides is 1. The van der Waals surface area contributed by atoms with Gasteiger partial charge in [0.1, 0.15) is 0 Å². The molecule has 1 heterocycles. The molecule has 0 bridgehead atoms. The van der Waals surface area contributed by atoms with E-state index >= 15 is 0 Å². The number of carbonyl (C=O) groups is 2. The normalized spacial score (nSPS) is 26.5. The van der Waals surface area contributed by atoms with Crippen molar-refractivity contribution in [1.29, 1.82) is 0 Å². The zero-order valence-electron chi connectivity index (χ0n) is 14.6. The molecule has 0 aromatic carbocycles. The molecule has 2 N–H and O–H groups in total. The van der Waals surface area contributed by atoms with Crippen molar-refractivity contribution >= 4 is 11.9 Å². The first-order chi connectivity index (χ1) is 11.0. The topological polar surface area (TPSA) is 69.6 Å². The number of piperidine rings is 1. The van der Waals surface area contributed by atoms with Gasteiger partial charge in [-0.15, -0.1) is 0 Å². The van der Waals surface area contributed by atoms with E-state index in [-0.39, 0.29) is 11.9 Å². The fraction of sp³-hybridized carbons (Fsp3) is 0.889. The van der Waals surface area contributed by atoms with Crippen molar-refractivity contribution in [3.63, 3.8) is 0 Å². The predicted octanol–water partition coefficient (Wildman–Crippen LogP) is 2.50. The molecule has 2 atom stereocenters. The molecule has 2 aliphatic rings. The fourth-order valence-corrected chi connectivity index (χ4v) is 3.83. The molecular weight excluding hydrogens is 292 g/mol. The molecule has 1 saturated heterocycles. The van der Waals surface area contributed by atoms with Gasteiger partial charge < -0.3 is 15.3 Å². The number of carboxylic acids is 1. The first kappa shape index (κ1) is 18.2. The number of nitrogens with one attached hydrogen (secondary N) is 1. The number of hydrogen-bond donors (Lipinski definition) is 2. The molecule has 23 heavy (non-hydrogen) atoms. The van der Waals surface area contributed by atoms with Crippen LogP contribution in [0.25, 0.3) is 0 Å². The summed E-state index contributed by atoms with van der Waals surface area (Å²) in [4.78, 5) is 25.5. The van der Waals surface area contributed by atoms with Crippen LogP contribution in [-0.2, 0) is 9.59 Å². The molecule has 0 aromatic heterocycles. The Hall–Kier alpha value is -1.10. The number of nitrogens with zero attached hydrogens (tertiary/aromatic N) is 1. The summed E-state index contributed by atoms with van der Waals surface area (Å²) in [5, 5.41) is 12.9. The summed E-state index contributed by atoms with van der Waals surface area (Å²) < 4.78 is 0. The van der Waals surface area contributed by atoms with E-state index in [1.165, 1.54) is 32.1 Å². The van der Waals surface area contributed by atoms with Crippen LogP contribution in [0.3, 0.4) is 0 Å². The second-order valence-electron chi connectivity index (χ2n) is 7.78. The minimum absolute atomic E-state index is 0.0930. The lowest BCUT2D eigenvalue weighted by atomic mass is 9.88. The highest BCUT2D eigenvalue weighted by atomic mass is 16.4. The Morgan fingerprint density at radius 1 is 1.17 bits per heavy atom. The van der Waals surface area contributed by atoms with Gasteiger partial charge in [0, 0.05) is 25.6 Å². The third-order valence-electron chi connectivity index (χ3n) is 5.16. The molecule has 1 amide bonds. The highest BCUT2D eigenvalue weighted by molar-refractivity contribution is 5.78. The Morgan fingerprint density at radius 2 is 1.87 bits per heavy atom. The van der Waals surface area contributed by atoms with Crippen molar-refractivity contribution in [3.8, 4) is 0 Å². The van der Waals surface area contributed by atoms with Crippen molar-refractivity contribution in [1.82, 2.24) is 10.2 Å². The van der Waals surface area contributed by atoms with Gasteiger partial charge in [0.2, 0.25) is 5.91 Å². The first-order valence-electron chi connectivity index (χ1n) is 9.19. The van der Waals surface area contributed by atoms with Crippen LogP contribution in [0.4, 0.5) is 0 Å². The van der Waals surface area contributed by atoms with E-state index in [1.807, 2.05) is 13.8 Å². The maximum Gasteiger partial charge on any atom is 0.308 e. The highest BCUT2D eigenvalue weighted by Crippen LogP contribution is 2.24. The monoisotopic (exact) mass is 324 g/mol. The second kappa shape index (κ2) is 8.67. The summed E-state index contributed by atoms with van der Waals surface area (Å²) in [6, 6.07) is 0.114. The highest BCUT2D eigenvalue weighted by Gasteiger charge is 2.33. The van der Waals surface area contributed by atoms with Crippen molar-refractivity contribution in [2.75, 3.05) is 19.6 Å². The standard InChI is InChI=1S/C18H32N2O3/c1-13(2)8-17(21)20-11-15(18(22)23)9-16(12-20)19-10-14-6-4-3-5-7-14/h13-16,19H,3-12H2,1-2H3,(H,22,23). The van der Waals surface area contributed by atoms with E-state index in [9.17, 15) is 14.7 Å². The zero-order chi connectivity index (χ0) is 16.8. The van der Waals surface area contributed by atoms with E-state index in [0.717, 1.165) is 6.54 Å². The molecular formula is C18H32N2O3. The molecule has 0 aromatic rings. The average Bonchev–Trinajstić information content (AvgIpc) is 2.53. The van der Waals surface area contributed by atoms with Crippen LogP contribution in [0.15, 0.2) is 0 Å². The summed E-state index contributed by atoms with van der Waals surface area (Å²) in [6.45, 7) is 6.03. The molecule has 2 rings (SSSR count). The Bertz CT molecular complexity index is 405. The summed E-state index contributed by atoms with van der Waals surface area (Å²) >= 11 is 0. The number of carbonyl (C=O) groups excluding carboxylic acids is 1. The first-order valence-corrected chi connectivity index (χ1v) is 9.19. The minimum atomic E-state index is -0.781. The predicted molar refractivity (Wildman–Crippen MR) is 90.1 cm³/mol. The summed E-state index contributed by atoms with van der Waals surface area (Å²) in [6.07, 6.45) is 7.66. The molecule has 1 saturated carbocycles. The number of rotatable bonds is 6. The second-order valence-corrected chi connectivity index (χ2v) is 7.78. The molecule has 1 aliphatic carbocycles. The summed E-state index contributed by atoms with van der Waals surface area (Å²) in [5.41, 5.74) is 0. The average molecular weight is 324 g/mol. The van der Waals surface area contributed by atoms with Crippen LogP contribution in [0.2, 0.25) is 0 Å². The van der Waals surface area contributed by atoms with Gasteiger partial charge in [-0.25, -0.2) is 0 Å². The summed E-state index contributed by atoms with van der Waals surface area (Å²) in [5.74, 6) is -0.106. The van der Waals surface area contributed by atoms with Gasteiger partial charge in [0.15, 0.2) is 0 Å². The molecule has 1 aliphatic heterocycles. The SMILES string of the molecule is CC(C)CC(=O)N1CC(NCC2CCCCC2)CC(C(=O)O)C1. The zero-order valence-corrected chi connectivity index (χ0v) is 14.6. The van der Waals surface area contributed by atoms with Gasteiger partial charge in [-0.2, -0.15) is 0 Å². The van der Waals surface area contributed by atoms with Crippen molar-refractivity contribution < 1.29 is 14.7 Å². The number of aliphatic carboxylic acids is 1. The van der Waals surface area contributed by atoms with E-state index in [4.69, 9.17) is 0 Å². The van der Waals surface area contributed by atoms with Crippen molar-refractivity contribution in [3.05, 3.63) is 0 Å². The quantitative estimate of drug-likeness (QED) is 0.787. The van der Waals surface area contributed by atoms with Crippen LogP contribution in [0.5, 0.6) is 0 Å². The minimum Gasteiger partial charge on any atom is -0.481 e. The van der Waals surface area contributed by atoms with E-state index in [0.29, 0.717) is 37.8 Å². The lowest BCUT2D eigenvalue weighted by Gasteiger charge is -2.38. The largest absolute Gasteiger partial charge is 0.481 e. The van der Waals surface area contributed by atoms with Gasteiger partial charge in [-0.1, -0.05) is 33.1 Å². The Morgan fingerprint density at radius 3 is 2.48 bits per heavy atom. The molecule has 2 fully saturated rings. The van der Waals surface area contributed by atoms with Crippen LogP contribution in [0, 0.1) is 17.8 Å². The van der Waals surface area contributed by atoms with E-state index in [1.54, 1.807) is 4.90 Å². The van der Waals surface area contributed by atoms with Crippen LogP contribution < -0.4 is 5.32 Å². The van der Waals surface area contributed by atoms with E-state index < -0.39 is 11.9 Å². The third kappa shape index (κ3) is 5.79. The maximum absolute atomic E-state index is 12.3. The smallest absolute Gasteiger partial charge is 0.308 e. The van der Waals surface area contributed by atoms with Gasteiger partial charge >= 0.3 is 5.97 Å². The molecule has 0 spiro atoms. The van der Waals surface area contributed by atoms with Gasteiger partial charge in [0.25, 0.3) is 0 Å². The molecule has 5 nitrogen and oxygen atoms in total. The maximum atomic E-state index is 12.3. The van der Waals surface area contributed by atoms with E-state index in [2.05, 4.69) is 5.32 Å². The van der Waals surface area contributed by atoms with Crippen LogP contribution in [-0.4, -0.2) is 47.6 Å². The van der Waals surface area contributed by atoms with Gasteiger partial charge in [-0.05, 0) is 37.6 Å². The van der Waals surface area contributed by atoms with Crippen molar-refractivity contribution in [2.45, 2.75) is 64.8 Å². The molecule has 132 valence electrons. The van der Waals surface area contributed by atoms with Gasteiger partial charge in [-0.3, -0.25) is 9.59 Å². The lowest BCUT2D eigenvalue weighted by Crippen LogP contribution is -2.53. The molecule has 0 radical (unpaired) electrons. The van der Waals surface area contributed by atoms with Crippen LogP contribution >= 0.6 is 0 Å². The molecule has 5 heteroatoms. The number of hydrogen-bond acceptors (Lipinski definition) is 3. The third-order valence-corrected chi connectivity index (χ3v) is 5.16. The number of carboxylic acid groups (broad SMARTS) is 1. The molecule has 2 unspecified atom stereocenters. The van der Waals surface area contributed by atoms with Crippen LogP contribution in [0.1, 0.15) is 58.8 Å².